The number of fused-ring (bicyclic) bond motifs is 1. The highest BCUT2D eigenvalue weighted by molar-refractivity contribution is 7.89. The van der Waals surface area contributed by atoms with Gasteiger partial charge in [-0.25, -0.2) is 22.9 Å². The van der Waals surface area contributed by atoms with Crippen LogP contribution >= 0.6 is 0 Å². The SMILES string of the molecule is Cc1cn2cc(NC(=O)OC(C)(C)C)nc2c(CNS(=O)(=O)CCO[Si](C)(C)C(C)(C)C)n1. The summed E-state index contributed by atoms with van der Waals surface area (Å²) in [5, 5.41) is 2.60. The summed E-state index contributed by atoms with van der Waals surface area (Å²) in [5.74, 6) is 0.144. The van der Waals surface area contributed by atoms with Crippen molar-refractivity contribution in [1.82, 2.24) is 19.1 Å². The van der Waals surface area contributed by atoms with E-state index in [0.717, 1.165) is 0 Å². The van der Waals surface area contributed by atoms with Crippen molar-refractivity contribution < 1.29 is 22.4 Å². The molecule has 0 aliphatic heterocycles. The summed E-state index contributed by atoms with van der Waals surface area (Å²) in [6.45, 7) is 17.7. The van der Waals surface area contributed by atoms with Crippen LogP contribution in [0.1, 0.15) is 52.9 Å². The number of hydrogen-bond donors (Lipinski definition) is 2. The van der Waals surface area contributed by atoms with Crippen molar-refractivity contribution in [2.45, 2.75) is 78.7 Å². The lowest BCUT2D eigenvalue weighted by atomic mass is 10.2. The normalized spacial score (nSPS) is 13.4. The molecule has 12 heteroatoms. The highest BCUT2D eigenvalue weighted by Gasteiger charge is 2.37. The van der Waals surface area contributed by atoms with Crippen LogP contribution in [0.3, 0.4) is 0 Å². The van der Waals surface area contributed by atoms with E-state index >= 15 is 0 Å². The molecule has 33 heavy (non-hydrogen) atoms. The van der Waals surface area contributed by atoms with Crippen molar-refractivity contribution in [2.24, 2.45) is 0 Å². The summed E-state index contributed by atoms with van der Waals surface area (Å²) >= 11 is 0. The molecule has 0 aliphatic rings. The number of carbonyl (C=O) groups excluding carboxylic acids is 1. The lowest BCUT2D eigenvalue weighted by Gasteiger charge is -2.36. The lowest BCUT2D eigenvalue weighted by Crippen LogP contribution is -2.42. The predicted octanol–water partition coefficient (Wildman–Crippen LogP) is 3.83. The van der Waals surface area contributed by atoms with E-state index in [0.29, 0.717) is 17.0 Å². The van der Waals surface area contributed by atoms with Crippen molar-refractivity contribution in [2.75, 3.05) is 17.7 Å². The van der Waals surface area contributed by atoms with Gasteiger partial charge in [0, 0.05) is 12.8 Å². The van der Waals surface area contributed by atoms with Gasteiger partial charge in [-0.3, -0.25) is 10.3 Å². The van der Waals surface area contributed by atoms with Gasteiger partial charge in [0.2, 0.25) is 10.0 Å². The number of anilines is 1. The van der Waals surface area contributed by atoms with Gasteiger partial charge in [-0.1, -0.05) is 20.8 Å². The van der Waals surface area contributed by atoms with E-state index in [1.54, 1.807) is 44.5 Å². The third-order valence-corrected chi connectivity index (χ3v) is 11.2. The zero-order valence-electron chi connectivity index (χ0n) is 21.1. The van der Waals surface area contributed by atoms with Crippen LogP contribution in [-0.4, -0.2) is 55.2 Å². The second-order valence-electron chi connectivity index (χ2n) is 10.6. The fourth-order valence-electron chi connectivity index (χ4n) is 2.66. The number of amides is 1. The van der Waals surface area contributed by atoms with E-state index in [4.69, 9.17) is 9.16 Å². The molecule has 2 N–H and O–H groups in total. The molecule has 0 unspecified atom stereocenters. The molecule has 0 atom stereocenters. The second-order valence-corrected chi connectivity index (χ2v) is 17.3. The Labute approximate surface area is 197 Å². The second kappa shape index (κ2) is 9.69. The molecular formula is C21H37N5O5SSi. The van der Waals surface area contributed by atoms with Crippen molar-refractivity contribution >= 4 is 35.9 Å². The van der Waals surface area contributed by atoms with Gasteiger partial charge in [-0.15, -0.1) is 0 Å². The summed E-state index contributed by atoms with van der Waals surface area (Å²) in [7, 11) is -5.61. The molecule has 2 aromatic rings. The smallest absolute Gasteiger partial charge is 0.413 e. The minimum absolute atomic E-state index is 0.00695. The molecule has 2 aromatic heterocycles. The monoisotopic (exact) mass is 499 g/mol. The number of sulfonamides is 1. The first-order valence-electron chi connectivity index (χ1n) is 10.9. The number of aryl methyl sites for hydroxylation is 1. The number of nitrogens with zero attached hydrogens (tertiary/aromatic N) is 3. The van der Waals surface area contributed by atoms with Gasteiger partial charge in [0.1, 0.15) is 5.60 Å². The Balaban J connectivity index is 2.08. The number of imidazole rings is 1. The Kier molecular flexibility index (Phi) is 7.99. The number of aromatic nitrogens is 3. The van der Waals surface area contributed by atoms with Gasteiger partial charge in [0.05, 0.1) is 29.9 Å². The maximum Gasteiger partial charge on any atom is 0.413 e. The molecule has 2 rings (SSSR count). The van der Waals surface area contributed by atoms with Crippen LogP contribution in [0.5, 0.6) is 0 Å². The molecule has 0 spiro atoms. The lowest BCUT2D eigenvalue weighted by molar-refractivity contribution is 0.0635. The van der Waals surface area contributed by atoms with Crippen molar-refractivity contribution in [1.29, 1.82) is 0 Å². The highest BCUT2D eigenvalue weighted by atomic mass is 32.2. The van der Waals surface area contributed by atoms with E-state index < -0.39 is 30.0 Å². The van der Waals surface area contributed by atoms with Crippen molar-refractivity contribution in [3.63, 3.8) is 0 Å². The molecule has 10 nitrogen and oxygen atoms in total. The minimum atomic E-state index is -3.58. The van der Waals surface area contributed by atoms with Gasteiger partial charge in [0.15, 0.2) is 19.8 Å². The molecule has 0 saturated carbocycles. The first kappa shape index (κ1) is 27.2. The molecule has 0 aliphatic carbocycles. The summed E-state index contributed by atoms with van der Waals surface area (Å²) in [6, 6.07) is 0. The zero-order valence-corrected chi connectivity index (χ0v) is 22.9. The standard InChI is InChI=1S/C21H37N5O5SSi/c1-15-13-26-14-17(25-19(27)31-20(2,3)4)24-18(26)16(23-15)12-22-32(28,29)11-10-30-33(8,9)21(5,6)7/h13-14,22H,10-12H2,1-9H3,(H,25,27). The van der Waals surface area contributed by atoms with E-state index in [1.165, 1.54) is 0 Å². The van der Waals surface area contributed by atoms with E-state index in [1.807, 2.05) is 0 Å². The Bertz CT molecular complexity index is 1100. The Morgan fingerprint density at radius 3 is 2.33 bits per heavy atom. The van der Waals surface area contributed by atoms with Crippen LogP contribution in [0.2, 0.25) is 18.1 Å². The summed E-state index contributed by atoms with van der Waals surface area (Å²) < 4.78 is 40.6. The van der Waals surface area contributed by atoms with Crippen LogP contribution in [0.25, 0.3) is 5.65 Å². The molecule has 2 heterocycles. The quantitative estimate of drug-likeness (QED) is 0.529. The van der Waals surface area contributed by atoms with Crippen LogP contribution < -0.4 is 10.0 Å². The predicted molar refractivity (Wildman–Crippen MR) is 131 cm³/mol. The van der Waals surface area contributed by atoms with Crippen LogP contribution in [0.15, 0.2) is 12.4 Å². The molecule has 186 valence electrons. The third kappa shape index (κ3) is 8.05. The van der Waals surface area contributed by atoms with Gasteiger partial charge in [-0.05, 0) is 45.8 Å². The molecule has 0 radical (unpaired) electrons. The van der Waals surface area contributed by atoms with Crippen molar-refractivity contribution in [3.05, 3.63) is 23.8 Å². The molecular weight excluding hydrogens is 462 g/mol. The fourth-order valence-corrected chi connectivity index (χ4v) is 4.66. The van der Waals surface area contributed by atoms with Crippen LogP contribution in [0.4, 0.5) is 10.6 Å². The first-order valence-corrected chi connectivity index (χ1v) is 15.4. The summed E-state index contributed by atoms with van der Waals surface area (Å²) in [6.07, 6.45) is 2.74. The van der Waals surface area contributed by atoms with Gasteiger partial charge in [-0.2, -0.15) is 0 Å². The van der Waals surface area contributed by atoms with E-state index in [-0.39, 0.29) is 29.8 Å². The molecule has 0 saturated heterocycles. The average molecular weight is 500 g/mol. The van der Waals surface area contributed by atoms with E-state index in [9.17, 15) is 13.2 Å². The Morgan fingerprint density at radius 2 is 1.76 bits per heavy atom. The summed E-state index contributed by atoms with van der Waals surface area (Å²) in [4.78, 5) is 20.9. The van der Waals surface area contributed by atoms with Gasteiger partial charge in [0.25, 0.3) is 0 Å². The minimum Gasteiger partial charge on any atom is -0.444 e. The topological polar surface area (TPSA) is 124 Å². The highest BCUT2D eigenvalue weighted by Crippen LogP contribution is 2.36. The molecule has 1 amide bonds. The first-order chi connectivity index (χ1) is 14.9. The number of rotatable bonds is 8. The maximum absolute atomic E-state index is 12.5. The zero-order chi connectivity index (χ0) is 25.2. The Morgan fingerprint density at radius 1 is 1.12 bits per heavy atom. The molecule has 0 bridgehead atoms. The average Bonchev–Trinajstić information content (AvgIpc) is 2.98. The molecule has 0 aromatic carbocycles. The summed E-state index contributed by atoms with van der Waals surface area (Å²) in [5.41, 5.74) is 0.922. The fraction of sp³-hybridized carbons (Fsp3) is 0.667. The number of ether oxygens (including phenoxy) is 1. The van der Waals surface area contributed by atoms with E-state index in [2.05, 4.69) is 53.9 Å². The van der Waals surface area contributed by atoms with Gasteiger partial charge < -0.3 is 13.6 Å². The Hall–Kier alpha value is -2.02. The number of nitrogens with one attached hydrogen (secondary N) is 2. The van der Waals surface area contributed by atoms with Crippen molar-refractivity contribution in [3.8, 4) is 0 Å². The van der Waals surface area contributed by atoms with Crippen LogP contribution in [0, 0.1) is 6.92 Å². The third-order valence-electron chi connectivity index (χ3n) is 5.34. The maximum atomic E-state index is 12.5. The number of carbonyl (C=O) groups is 1. The van der Waals surface area contributed by atoms with Crippen LogP contribution in [-0.2, 0) is 25.7 Å². The number of hydrogen-bond acceptors (Lipinski definition) is 7. The van der Waals surface area contributed by atoms with Gasteiger partial charge >= 0.3 is 6.09 Å². The largest absolute Gasteiger partial charge is 0.444 e. The molecule has 0 fully saturated rings.